The van der Waals surface area contributed by atoms with Crippen LogP contribution in [-0.4, -0.2) is 12.2 Å². The van der Waals surface area contributed by atoms with Crippen molar-refractivity contribution in [3.63, 3.8) is 0 Å². The number of alkyl halides is 3. The van der Waals surface area contributed by atoms with Crippen molar-refractivity contribution < 1.29 is 13.2 Å². The second-order valence-corrected chi connectivity index (χ2v) is 6.15. The molecule has 0 aliphatic heterocycles. The molecule has 20 heavy (non-hydrogen) atoms. The second kappa shape index (κ2) is 5.40. The molecule has 0 radical (unpaired) electrons. The predicted molar refractivity (Wildman–Crippen MR) is 72.2 cm³/mol. The first kappa shape index (κ1) is 13.9. The normalized spacial score (nSPS) is 21.2. The van der Waals surface area contributed by atoms with Gasteiger partial charge in [-0.15, -0.1) is 0 Å². The molecule has 1 unspecified atom stereocenters. The highest BCUT2D eigenvalue weighted by molar-refractivity contribution is 5.20. The Balaban J connectivity index is 1.74. The standard InChI is InChI=1S/C16H20F3N/c17-16(18,19)10-14(11-4-2-1-3-5-11)20-15(12-6-7-12)13-8-9-13/h1-5,12-15,20H,6-10H2. The number of nitrogens with one attached hydrogen (secondary N) is 1. The van der Waals surface area contributed by atoms with Crippen LogP contribution < -0.4 is 5.32 Å². The van der Waals surface area contributed by atoms with Gasteiger partial charge in [0.1, 0.15) is 0 Å². The van der Waals surface area contributed by atoms with Gasteiger partial charge in [0.2, 0.25) is 0 Å². The Morgan fingerprint density at radius 2 is 1.55 bits per heavy atom. The molecule has 4 heteroatoms. The lowest BCUT2D eigenvalue weighted by Crippen LogP contribution is -2.38. The lowest BCUT2D eigenvalue weighted by atomic mass is 9.99. The third-order valence-electron chi connectivity index (χ3n) is 4.29. The molecule has 110 valence electrons. The molecule has 1 aromatic carbocycles. The van der Waals surface area contributed by atoms with Crippen LogP contribution in [0.4, 0.5) is 13.2 Å². The number of rotatable bonds is 6. The molecule has 1 N–H and O–H groups in total. The van der Waals surface area contributed by atoms with Crippen LogP contribution in [-0.2, 0) is 0 Å². The van der Waals surface area contributed by atoms with Crippen LogP contribution in [0.1, 0.15) is 43.7 Å². The molecule has 0 saturated heterocycles. The average molecular weight is 283 g/mol. The number of hydrogen-bond acceptors (Lipinski definition) is 1. The molecule has 1 atom stereocenters. The van der Waals surface area contributed by atoms with Crippen molar-refractivity contribution in [2.75, 3.05) is 0 Å². The predicted octanol–water partition coefficient (Wildman–Crippen LogP) is 4.46. The summed E-state index contributed by atoms with van der Waals surface area (Å²) in [5, 5.41) is 3.33. The van der Waals surface area contributed by atoms with Crippen molar-refractivity contribution >= 4 is 0 Å². The molecule has 2 fully saturated rings. The number of benzene rings is 1. The van der Waals surface area contributed by atoms with Crippen molar-refractivity contribution in [2.24, 2.45) is 11.8 Å². The molecule has 2 aliphatic carbocycles. The Bertz CT molecular complexity index is 423. The molecule has 1 nitrogen and oxygen atoms in total. The van der Waals surface area contributed by atoms with E-state index in [-0.39, 0.29) is 6.04 Å². The molecular weight excluding hydrogens is 263 g/mol. The number of halogens is 3. The highest BCUT2D eigenvalue weighted by Crippen LogP contribution is 2.46. The third kappa shape index (κ3) is 3.75. The molecule has 0 amide bonds. The number of hydrogen-bond donors (Lipinski definition) is 1. The molecule has 0 bridgehead atoms. The Morgan fingerprint density at radius 1 is 1.00 bits per heavy atom. The molecular formula is C16H20F3N. The van der Waals surface area contributed by atoms with E-state index in [1.54, 1.807) is 12.1 Å². The zero-order valence-electron chi connectivity index (χ0n) is 11.4. The first-order valence-corrected chi connectivity index (χ1v) is 7.41. The summed E-state index contributed by atoms with van der Waals surface area (Å²) in [5.74, 6) is 1.20. The highest BCUT2D eigenvalue weighted by Gasteiger charge is 2.43. The van der Waals surface area contributed by atoms with Gasteiger partial charge in [-0.2, -0.15) is 13.2 Å². The van der Waals surface area contributed by atoms with Gasteiger partial charge in [0.05, 0.1) is 6.42 Å². The van der Waals surface area contributed by atoms with Gasteiger partial charge in [0.25, 0.3) is 0 Å². The minimum absolute atomic E-state index is 0.280. The minimum atomic E-state index is -4.13. The summed E-state index contributed by atoms with van der Waals surface area (Å²) in [7, 11) is 0. The van der Waals surface area contributed by atoms with Gasteiger partial charge in [0.15, 0.2) is 0 Å². The van der Waals surface area contributed by atoms with Gasteiger partial charge < -0.3 is 5.32 Å². The van der Waals surface area contributed by atoms with Crippen molar-refractivity contribution in [2.45, 2.75) is 50.4 Å². The second-order valence-electron chi connectivity index (χ2n) is 6.15. The van der Waals surface area contributed by atoms with Gasteiger partial charge in [-0.05, 0) is 43.1 Å². The molecule has 0 heterocycles. The molecule has 0 spiro atoms. The van der Waals surface area contributed by atoms with E-state index in [0.717, 1.165) is 5.56 Å². The van der Waals surface area contributed by atoms with Crippen molar-refractivity contribution in [1.82, 2.24) is 5.32 Å². The van der Waals surface area contributed by atoms with Crippen molar-refractivity contribution in [3.8, 4) is 0 Å². The van der Waals surface area contributed by atoms with E-state index in [1.807, 2.05) is 18.2 Å². The topological polar surface area (TPSA) is 12.0 Å². The molecule has 0 aromatic heterocycles. The van der Waals surface area contributed by atoms with Gasteiger partial charge >= 0.3 is 6.18 Å². The largest absolute Gasteiger partial charge is 0.390 e. The Kier molecular flexibility index (Phi) is 3.76. The van der Waals surface area contributed by atoms with Crippen molar-refractivity contribution in [1.29, 1.82) is 0 Å². The summed E-state index contributed by atoms with van der Waals surface area (Å²) in [6.07, 6.45) is -0.245. The minimum Gasteiger partial charge on any atom is -0.306 e. The maximum absolute atomic E-state index is 12.8. The summed E-state index contributed by atoms with van der Waals surface area (Å²) < 4.78 is 38.5. The van der Waals surface area contributed by atoms with Gasteiger partial charge in [-0.1, -0.05) is 30.3 Å². The summed E-state index contributed by atoms with van der Waals surface area (Å²) >= 11 is 0. The lowest BCUT2D eigenvalue weighted by Gasteiger charge is -2.27. The van der Waals surface area contributed by atoms with E-state index in [9.17, 15) is 13.2 Å². The summed E-state index contributed by atoms with van der Waals surface area (Å²) in [6, 6.07) is 8.71. The smallest absolute Gasteiger partial charge is 0.306 e. The van der Waals surface area contributed by atoms with Crippen LogP contribution in [0.2, 0.25) is 0 Å². The van der Waals surface area contributed by atoms with Crippen LogP contribution >= 0.6 is 0 Å². The average Bonchev–Trinajstić information content (AvgIpc) is 3.27. The molecule has 1 aromatic rings. The maximum Gasteiger partial charge on any atom is 0.390 e. The Hall–Kier alpha value is -1.03. The van der Waals surface area contributed by atoms with Crippen LogP contribution in [0.5, 0.6) is 0 Å². The highest BCUT2D eigenvalue weighted by atomic mass is 19.4. The SMILES string of the molecule is FC(F)(F)CC(NC(C1CC1)C1CC1)c1ccccc1. The van der Waals surface area contributed by atoms with Crippen LogP contribution in [0.15, 0.2) is 30.3 Å². The van der Waals surface area contributed by atoms with Crippen LogP contribution in [0.25, 0.3) is 0 Å². The van der Waals surface area contributed by atoms with Crippen molar-refractivity contribution in [3.05, 3.63) is 35.9 Å². The monoisotopic (exact) mass is 283 g/mol. The van der Waals surface area contributed by atoms with E-state index in [1.165, 1.54) is 25.7 Å². The maximum atomic E-state index is 12.8. The van der Waals surface area contributed by atoms with E-state index in [4.69, 9.17) is 0 Å². The fourth-order valence-corrected chi connectivity index (χ4v) is 2.99. The Labute approximate surface area is 117 Å². The quantitative estimate of drug-likeness (QED) is 0.813. The van der Waals surface area contributed by atoms with Gasteiger partial charge in [-0.3, -0.25) is 0 Å². The van der Waals surface area contributed by atoms with E-state index >= 15 is 0 Å². The van der Waals surface area contributed by atoms with Crippen LogP contribution in [0, 0.1) is 11.8 Å². The van der Waals surface area contributed by atoms with Gasteiger partial charge in [-0.25, -0.2) is 0 Å². The summed E-state index contributed by atoms with van der Waals surface area (Å²) in [5.41, 5.74) is 0.746. The zero-order chi connectivity index (χ0) is 14.2. The van der Waals surface area contributed by atoms with E-state index in [0.29, 0.717) is 11.8 Å². The van der Waals surface area contributed by atoms with E-state index < -0.39 is 18.6 Å². The Morgan fingerprint density at radius 3 is 2.00 bits per heavy atom. The summed E-state index contributed by atoms with van der Waals surface area (Å²) in [6.45, 7) is 0. The van der Waals surface area contributed by atoms with Gasteiger partial charge in [0, 0.05) is 12.1 Å². The fourth-order valence-electron chi connectivity index (χ4n) is 2.99. The first-order chi connectivity index (χ1) is 9.53. The fraction of sp³-hybridized carbons (Fsp3) is 0.625. The molecule has 2 saturated carbocycles. The third-order valence-corrected chi connectivity index (χ3v) is 4.29. The lowest BCUT2D eigenvalue weighted by molar-refractivity contribution is -0.141. The van der Waals surface area contributed by atoms with Crippen LogP contribution in [0.3, 0.4) is 0 Å². The summed E-state index contributed by atoms with van der Waals surface area (Å²) in [4.78, 5) is 0. The van der Waals surface area contributed by atoms with E-state index in [2.05, 4.69) is 5.32 Å². The molecule has 3 rings (SSSR count). The molecule has 2 aliphatic rings. The first-order valence-electron chi connectivity index (χ1n) is 7.41. The zero-order valence-corrected chi connectivity index (χ0v) is 11.4.